The minimum atomic E-state index is -0.243. The van der Waals surface area contributed by atoms with Crippen LogP contribution in [0.3, 0.4) is 0 Å². The summed E-state index contributed by atoms with van der Waals surface area (Å²) >= 11 is 0. The van der Waals surface area contributed by atoms with Crippen molar-refractivity contribution in [2.75, 3.05) is 11.9 Å². The summed E-state index contributed by atoms with van der Waals surface area (Å²) < 4.78 is 0. The number of hydrogen-bond acceptors (Lipinski definition) is 2. The van der Waals surface area contributed by atoms with Crippen LogP contribution in [0.4, 0.5) is 5.69 Å². The van der Waals surface area contributed by atoms with E-state index in [2.05, 4.69) is 50.4 Å². The molecule has 2 aliphatic heterocycles. The van der Waals surface area contributed by atoms with Gasteiger partial charge in [0.1, 0.15) is 0 Å². The van der Waals surface area contributed by atoms with Crippen molar-refractivity contribution in [3.05, 3.63) is 64.7 Å². The van der Waals surface area contributed by atoms with E-state index >= 15 is 0 Å². The predicted molar refractivity (Wildman–Crippen MR) is 112 cm³/mol. The fourth-order valence-corrected chi connectivity index (χ4v) is 4.69. The molecule has 2 aliphatic rings. The highest BCUT2D eigenvalue weighted by Crippen LogP contribution is 2.42. The van der Waals surface area contributed by atoms with Crippen molar-refractivity contribution < 1.29 is 9.59 Å². The average molecular weight is 377 g/mol. The summed E-state index contributed by atoms with van der Waals surface area (Å²) in [4.78, 5) is 27.2. The van der Waals surface area contributed by atoms with Crippen LogP contribution >= 0.6 is 0 Å². The Balaban J connectivity index is 1.59. The van der Waals surface area contributed by atoms with Gasteiger partial charge in [0.05, 0.1) is 0 Å². The van der Waals surface area contributed by atoms with E-state index in [1.54, 1.807) is 0 Å². The lowest BCUT2D eigenvalue weighted by Crippen LogP contribution is -2.45. The Bertz CT molecular complexity index is 915. The number of aryl methyl sites for hydroxylation is 2. The number of anilines is 1. The predicted octanol–water partition coefficient (Wildman–Crippen LogP) is 4.68. The van der Waals surface area contributed by atoms with Crippen LogP contribution in [0.5, 0.6) is 0 Å². The van der Waals surface area contributed by atoms with Gasteiger partial charge in [-0.2, -0.15) is 0 Å². The molecule has 1 saturated heterocycles. The van der Waals surface area contributed by atoms with Crippen molar-refractivity contribution in [1.29, 1.82) is 0 Å². The second-order valence-electron chi connectivity index (χ2n) is 8.64. The fraction of sp³-hybridized carbons (Fsp3) is 0.417. The number of rotatable bonds is 2. The van der Waals surface area contributed by atoms with Gasteiger partial charge in [0.25, 0.3) is 5.91 Å². The molecule has 4 rings (SSSR count). The van der Waals surface area contributed by atoms with Gasteiger partial charge in [-0.25, -0.2) is 0 Å². The fourth-order valence-electron chi connectivity index (χ4n) is 4.69. The molecule has 0 bridgehead atoms. The van der Waals surface area contributed by atoms with Crippen molar-refractivity contribution >= 4 is 17.5 Å². The SMILES string of the molecule is Cc1ccc(C2CCN(C(=O)c3ccc4c(c3)CCCC(=O)N4)C2(C)C)cc1. The van der Waals surface area contributed by atoms with Crippen LogP contribution in [-0.4, -0.2) is 28.8 Å². The van der Waals surface area contributed by atoms with Gasteiger partial charge in [0.2, 0.25) is 5.91 Å². The molecule has 2 amide bonds. The van der Waals surface area contributed by atoms with Crippen LogP contribution in [0.15, 0.2) is 42.5 Å². The van der Waals surface area contributed by atoms with E-state index in [9.17, 15) is 9.59 Å². The minimum absolute atomic E-state index is 0.0550. The van der Waals surface area contributed by atoms with Gasteiger partial charge in [0, 0.05) is 35.7 Å². The van der Waals surface area contributed by atoms with Gasteiger partial charge >= 0.3 is 0 Å². The van der Waals surface area contributed by atoms with Crippen molar-refractivity contribution in [1.82, 2.24) is 4.90 Å². The van der Waals surface area contributed by atoms with E-state index in [1.807, 2.05) is 23.1 Å². The topological polar surface area (TPSA) is 49.4 Å². The van der Waals surface area contributed by atoms with Crippen LogP contribution in [-0.2, 0) is 11.2 Å². The summed E-state index contributed by atoms with van der Waals surface area (Å²) in [5, 5.41) is 2.94. The Labute approximate surface area is 166 Å². The van der Waals surface area contributed by atoms with E-state index in [4.69, 9.17) is 0 Å². The van der Waals surface area contributed by atoms with Crippen LogP contribution < -0.4 is 5.32 Å². The summed E-state index contributed by atoms with van der Waals surface area (Å²) in [5.74, 6) is 0.467. The molecule has 1 N–H and O–H groups in total. The number of amides is 2. The smallest absolute Gasteiger partial charge is 0.254 e. The third kappa shape index (κ3) is 3.32. The van der Waals surface area contributed by atoms with Crippen molar-refractivity contribution in [2.45, 2.75) is 57.9 Å². The monoisotopic (exact) mass is 376 g/mol. The number of likely N-dealkylation sites (tertiary alicyclic amines) is 1. The second-order valence-corrected chi connectivity index (χ2v) is 8.64. The van der Waals surface area contributed by atoms with Gasteiger partial charge in [-0.1, -0.05) is 29.8 Å². The number of fused-ring (bicyclic) bond motifs is 1. The van der Waals surface area contributed by atoms with Crippen LogP contribution in [0, 0.1) is 6.92 Å². The van der Waals surface area contributed by atoms with E-state index in [-0.39, 0.29) is 17.4 Å². The standard InChI is InChI=1S/C24H28N2O2/c1-16-7-9-17(10-8-16)20-13-14-26(24(20,2)3)23(28)19-11-12-21-18(15-19)5-4-6-22(27)25-21/h7-12,15,20H,4-6,13-14H2,1-3H3,(H,25,27). The molecule has 0 radical (unpaired) electrons. The van der Waals surface area contributed by atoms with E-state index in [1.165, 1.54) is 11.1 Å². The first kappa shape index (κ1) is 18.7. The quantitative estimate of drug-likeness (QED) is 0.827. The molecule has 1 atom stereocenters. The van der Waals surface area contributed by atoms with E-state index in [0.29, 0.717) is 17.9 Å². The molecule has 28 heavy (non-hydrogen) atoms. The first-order valence-corrected chi connectivity index (χ1v) is 10.2. The molecule has 2 heterocycles. The number of carbonyl (C=O) groups is 2. The number of hydrogen-bond donors (Lipinski definition) is 1. The maximum atomic E-state index is 13.4. The highest BCUT2D eigenvalue weighted by atomic mass is 16.2. The van der Waals surface area contributed by atoms with Gasteiger partial charge in [-0.3, -0.25) is 9.59 Å². The number of nitrogens with zero attached hydrogens (tertiary/aromatic N) is 1. The molecule has 146 valence electrons. The highest BCUT2D eigenvalue weighted by Gasteiger charge is 2.44. The molecular weight excluding hydrogens is 348 g/mol. The summed E-state index contributed by atoms with van der Waals surface area (Å²) in [7, 11) is 0. The summed E-state index contributed by atoms with van der Waals surface area (Å²) in [6.45, 7) is 7.20. The van der Waals surface area contributed by atoms with Crippen LogP contribution in [0.25, 0.3) is 0 Å². The third-order valence-electron chi connectivity index (χ3n) is 6.39. The molecule has 0 aromatic heterocycles. The largest absolute Gasteiger partial charge is 0.333 e. The zero-order valence-electron chi connectivity index (χ0n) is 16.9. The van der Waals surface area contributed by atoms with Gasteiger partial charge < -0.3 is 10.2 Å². The zero-order chi connectivity index (χ0) is 19.9. The average Bonchev–Trinajstić information content (AvgIpc) is 2.85. The Morgan fingerprint density at radius 2 is 1.86 bits per heavy atom. The Morgan fingerprint density at radius 1 is 1.11 bits per heavy atom. The molecular formula is C24H28N2O2. The normalized spacial score (nSPS) is 21.0. The van der Waals surface area contributed by atoms with Crippen LogP contribution in [0.2, 0.25) is 0 Å². The first-order chi connectivity index (χ1) is 13.4. The molecule has 0 saturated carbocycles. The lowest BCUT2D eigenvalue weighted by Gasteiger charge is -2.36. The lowest BCUT2D eigenvalue weighted by atomic mass is 9.82. The van der Waals surface area contributed by atoms with Crippen molar-refractivity contribution in [3.8, 4) is 0 Å². The first-order valence-electron chi connectivity index (χ1n) is 10.2. The Morgan fingerprint density at radius 3 is 2.61 bits per heavy atom. The molecule has 1 fully saturated rings. The lowest BCUT2D eigenvalue weighted by molar-refractivity contribution is -0.116. The second kappa shape index (κ2) is 7.08. The van der Waals surface area contributed by atoms with Crippen molar-refractivity contribution in [2.24, 2.45) is 0 Å². The molecule has 4 nitrogen and oxygen atoms in total. The molecule has 2 aromatic carbocycles. The number of nitrogens with one attached hydrogen (secondary N) is 1. The maximum Gasteiger partial charge on any atom is 0.254 e. The molecule has 0 spiro atoms. The number of carbonyl (C=O) groups excluding carboxylic acids is 2. The van der Waals surface area contributed by atoms with Gasteiger partial charge in [-0.15, -0.1) is 0 Å². The van der Waals surface area contributed by atoms with E-state index < -0.39 is 0 Å². The maximum absolute atomic E-state index is 13.4. The third-order valence-corrected chi connectivity index (χ3v) is 6.39. The summed E-state index contributed by atoms with van der Waals surface area (Å²) in [5.41, 5.74) is 4.93. The minimum Gasteiger partial charge on any atom is -0.333 e. The molecule has 1 unspecified atom stereocenters. The molecule has 4 heteroatoms. The number of benzene rings is 2. The van der Waals surface area contributed by atoms with Gasteiger partial charge in [-0.05, 0) is 69.4 Å². The molecule has 0 aliphatic carbocycles. The van der Waals surface area contributed by atoms with Gasteiger partial charge in [0.15, 0.2) is 0 Å². The zero-order valence-corrected chi connectivity index (χ0v) is 16.9. The summed E-state index contributed by atoms with van der Waals surface area (Å²) in [6, 6.07) is 14.4. The van der Waals surface area contributed by atoms with Crippen molar-refractivity contribution in [3.63, 3.8) is 0 Å². The van der Waals surface area contributed by atoms with E-state index in [0.717, 1.165) is 37.1 Å². The Hall–Kier alpha value is -2.62. The highest BCUT2D eigenvalue weighted by molar-refractivity contribution is 5.97. The molecule has 2 aromatic rings. The summed E-state index contributed by atoms with van der Waals surface area (Å²) in [6.07, 6.45) is 3.16. The Kier molecular flexibility index (Phi) is 4.74. The van der Waals surface area contributed by atoms with Crippen LogP contribution in [0.1, 0.15) is 66.1 Å².